The number of nitrogens with zero attached hydrogens (tertiary/aromatic N) is 1. The normalized spacial score (nSPS) is 11.6. The summed E-state index contributed by atoms with van der Waals surface area (Å²) in [5.74, 6) is -1.21. The summed E-state index contributed by atoms with van der Waals surface area (Å²) in [5, 5.41) is 10.9. The third kappa shape index (κ3) is 3.96. The van der Waals surface area contributed by atoms with Gasteiger partial charge in [-0.15, -0.1) is 0 Å². The van der Waals surface area contributed by atoms with Gasteiger partial charge in [-0.05, 0) is 31.2 Å². The lowest BCUT2D eigenvalue weighted by atomic mass is 10.1. The number of hydrogen-bond acceptors (Lipinski definition) is 6. The lowest BCUT2D eigenvalue weighted by Crippen LogP contribution is -2.24. The Morgan fingerprint density at radius 2 is 1.75 bits per heavy atom. The summed E-state index contributed by atoms with van der Waals surface area (Å²) in [6.07, 6.45) is -1.03. The number of anilines is 1. The van der Waals surface area contributed by atoms with E-state index in [2.05, 4.69) is 15.9 Å². The average Bonchev–Trinajstić information content (AvgIpc) is 2.54. The van der Waals surface area contributed by atoms with Crippen molar-refractivity contribution in [3.8, 4) is 0 Å². The van der Waals surface area contributed by atoms with Crippen LogP contribution in [0.15, 0.2) is 46.9 Å². The molecule has 2 aromatic rings. The number of Topliss-reactive ketones (excluding diaryl/α,β-unsaturated/α-hetero) is 1. The Balaban J connectivity index is 2.14. The van der Waals surface area contributed by atoms with E-state index in [0.717, 1.165) is 10.5 Å². The number of halogens is 1. The van der Waals surface area contributed by atoms with Gasteiger partial charge in [0.2, 0.25) is 5.78 Å². The fraction of sp³-hybridized carbons (Fsp3) is 0.125. The summed E-state index contributed by atoms with van der Waals surface area (Å²) < 4.78 is 5.91. The molecule has 0 aliphatic carbocycles. The maximum atomic E-state index is 12.2. The number of carbonyl (C=O) groups excluding carboxylic acids is 2. The molecule has 0 aliphatic rings. The Morgan fingerprint density at radius 3 is 2.33 bits per heavy atom. The highest BCUT2D eigenvalue weighted by Gasteiger charge is 2.22. The fourth-order valence-electron chi connectivity index (χ4n) is 1.96. The van der Waals surface area contributed by atoms with Gasteiger partial charge in [0.1, 0.15) is 5.69 Å². The number of hydrogen-bond donors (Lipinski definition) is 1. The highest BCUT2D eigenvalue weighted by Crippen LogP contribution is 2.23. The molecule has 0 heterocycles. The van der Waals surface area contributed by atoms with E-state index in [-0.39, 0.29) is 17.0 Å². The largest absolute Gasteiger partial charge is 0.451 e. The number of ketones is 1. The zero-order chi connectivity index (χ0) is 17.9. The molecule has 24 heavy (non-hydrogen) atoms. The second kappa shape index (κ2) is 7.22. The zero-order valence-corrected chi connectivity index (χ0v) is 14.1. The molecule has 2 aromatic carbocycles. The minimum Gasteiger partial charge on any atom is -0.451 e. The maximum absolute atomic E-state index is 12.2. The van der Waals surface area contributed by atoms with Crippen LogP contribution in [0, 0.1) is 10.1 Å². The van der Waals surface area contributed by atoms with Gasteiger partial charge in [0, 0.05) is 16.1 Å². The van der Waals surface area contributed by atoms with Gasteiger partial charge in [-0.25, -0.2) is 4.79 Å². The molecule has 0 fully saturated rings. The van der Waals surface area contributed by atoms with E-state index >= 15 is 0 Å². The summed E-state index contributed by atoms with van der Waals surface area (Å²) in [4.78, 5) is 34.5. The van der Waals surface area contributed by atoms with E-state index in [1.54, 1.807) is 24.3 Å². The van der Waals surface area contributed by atoms with Crippen molar-refractivity contribution in [2.45, 2.75) is 13.0 Å². The van der Waals surface area contributed by atoms with Gasteiger partial charge in [-0.1, -0.05) is 28.1 Å². The van der Waals surface area contributed by atoms with E-state index in [1.165, 1.54) is 19.1 Å². The molecule has 124 valence electrons. The number of nitro groups is 1. The standard InChI is InChI=1S/C16H13BrN2O5/c1-9(15(20)10-2-5-12(17)6-3-10)24-16(21)11-4-7-13(18)14(8-11)19(22)23/h2-9H,18H2,1H3/t9-/m1/s1. The van der Waals surface area contributed by atoms with Crippen molar-refractivity contribution in [2.24, 2.45) is 0 Å². The summed E-state index contributed by atoms with van der Waals surface area (Å²) >= 11 is 3.26. The number of rotatable bonds is 5. The first-order valence-electron chi connectivity index (χ1n) is 6.84. The van der Waals surface area contributed by atoms with E-state index < -0.39 is 22.7 Å². The van der Waals surface area contributed by atoms with Gasteiger partial charge in [-0.3, -0.25) is 14.9 Å². The third-order valence-electron chi connectivity index (χ3n) is 3.24. The zero-order valence-electron chi connectivity index (χ0n) is 12.6. The van der Waals surface area contributed by atoms with Gasteiger partial charge in [0.25, 0.3) is 5.69 Å². The lowest BCUT2D eigenvalue weighted by Gasteiger charge is -2.12. The first-order valence-corrected chi connectivity index (χ1v) is 7.63. The molecule has 0 aromatic heterocycles. The molecule has 8 heteroatoms. The van der Waals surface area contributed by atoms with Gasteiger partial charge in [0.15, 0.2) is 6.10 Å². The fourth-order valence-corrected chi connectivity index (χ4v) is 2.22. The second-order valence-electron chi connectivity index (χ2n) is 4.95. The molecule has 0 saturated carbocycles. The first kappa shape index (κ1) is 17.6. The third-order valence-corrected chi connectivity index (χ3v) is 3.77. The molecular formula is C16H13BrN2O5. The van der Waals surface area contributed by atoms with Crippen molar-refractivity contribution in [3.63, 3.8) is 0 Å². The van der Waals surface area contributed by atoms with E-state index in [0.29, 0.717) is 5.56 Å². The molecule has 0 spiro atoms. The van der Waals surface area contributed by atoms with Crippen LogP contribution in [0.3, 0.4) is 0 Å². The SMILES string of the molecule is C[C@@H](OC(=O)c1ccc(N)c([N+](=O)[O-])c1)C(=O)c1ccc(Br)cc1. The number of carbonyl (C=O) groups is 2. The van der Waals surface area contributed by atoms with Crippen molar-refractivity contribution >= 4 is 39.1 Å². The molecule has 0 saturated heterocycles. The Hall–Kier alpha value is -2.74. The van der Waals surface area contributed by atoms with Crippen LogP contribution in [0.5, 0.6) is 0 Å². The lowest BCUT2D eigenvalue weighted by molar-refractivity contribution is -0.383. The number of ether oxygens (including phenoxy) is 1. The van der Waals surface area contributed by atoms with Crippen molar-refractivity contribution in [2.75, 3.05) is 5.73 Å². The first-order chi connectivity index (χ1) is 11.3. The molecule has 0 amide bonds. The topological polar surface area (TPSA) is 113 Å². The highest BCUT2D eigenvalue weighted by molar-refractivity contribution is 9.10. The Labute approximate surface area is 145 Å². The number of esters is 1. The van der Waals surface area contributed by atoms with Crippen molar-refractivity contribution in [3.05, 3.63) is 68.2 Å². The number of nitrogen functional groups attached to an aromatic ring is 1. The van der Waals surface area contributed by atoms with Gasteiger partial charge >= 0.3 is 5.97 Å². The van der Waals surface area contributed by atoms with Crippen LogP contribution in [0.4, 0.5) is 11.4 Å². The summed E-state index contributed by atoms with van der Waals surface area (Å²) in [6.45, 7) is 1.44. The number of nitrogens with two attached hydrogens (primary N) is 1. The predicted octanol–water partition coefficient (Wildman–Crippen LogP) is 3.37. The maximum Gasteiger partial charge on any atom is 0.339 e. The number of benzene rings is 2. The quantitative estimate of drug-likeness (QED) is 0.274. The van der Waals surface area contributed by atoms with Crippen molar-refractivity contribution < 1.29 is 19.2 Å². The minimum absolute atomic E-state index is 0.0497. The van der Waals surface area contributed by atoms with Crippen LogP contribution < -0.4 is 5.73 Å². The Morgan fingerprint density at radius 1 is 1.17 bits per heavy atom. The van der Waals surface area contributed by atoms with Crippen LogP contribution in [0.25, 0.3) is 0 Å². The predicted molar refractivity (Wildman–Crippen MR) is 90.9 cm³/mol. The van der Waals surface area contributed by atoms with Crippen LogP contribution >= 0.6 is 15.9 Å². The summed E-state index contributed by atoms with van der Waals surface area (Å²) in [5.41, 5.74) is 5.37. The van der Waals surface area contributed by atoms with Gasteiger partial charge in [0.05, 0.1) is 10.5 Å². The highest BCUT2D eigenvalue weighted by atomic mass is 79.9. The minimum atomic E-state index is -1.03. The monoisotopic (exact) mass is 392 g/mol. The molecule has 0 unspecified atom stereocenters. The Kier molecular flexibility index (Phi) is 5.30. The van der Waals surface area contributed by atoms with Gasteiger partial charge < -0.3 is 10.5 Å². The molecule has 2 rings (SSSR count). The summed E-state index contributed by atoms with van der Waals surface area (Å²) in [7, 11) is 0. The van der Waals surface area contributed by atoms with Crippen LogP contribution in [-0.2, 0) is 4.74 Å². The van der Waals surface area contributed by atoms with Crippen molar-refractivity contribution in [1.29, 1.82) is 0 Å². The molecule has 0 aliphatic heterocycles. The number of nitro benzene ring substituents is 1. The van der Waals surface area contributed by atoms with E-state index in [9.17, 15) is 19.7 Å². The Bertz CT molecular complexity index is 805. The molecule has 2 N–H and O–H groups in total. The van der Waals surface area contributed by atoms with E-state index in [1.807, 2.05) is 0 Å². The molecule has 7 nitrogen and oxygen atoms in total. The van der Waals surface area contributed by atoms with Gasteiger partial charge in [-0.2, -0.15) is 0 Å². The molecule has 0 radical (unpaired) electrons. The van der Waals surface area contributed by atoms with E-state index in [4.69, 9.17) is 10.5 Å². The molecule has 0 bridgehead atoms. The summed E-state index contributed by atoms with van der Waals surface area (Å²) in [6, 6.07) is 10.2. The molecule has 1 atom stereocenters. The second-order valence-corrected chi connectivity index (χ2v) is 5.87. The average molecular weight is 393 g/mol. The van der Waals surface area contributed by atoms with Crippen LogP contribution in [0.2, 0.25) is 0 Å². The van der Waals surface area contributed by atoms with Crippen molar-refractivity contribution in [1.82, 2.24) is 0 Å². The smallest absolute Gasteiger partial charge is 0.339 e. The van der Waals surface area contributed by atoms with Crippen LogP contribution in [-0.4, -0.2) is 22.8 Å². The van der Waals surface area contributed by atoms with Crippen LogP contribution in [0.1, 0.15) is 27.6 Å². The molecular weight excluding hydrogens is 380 g/mol.